The Bertz CT molecular complexity index is 394. The molecule has 0 aliphatic heterocycles. The Morgan fingerprint density at radius 1 is 1.17 bits per heavy atom. The maximum Gasteiger partial charge on any atom is 0.411 e. The van der Waals surface area contributed by atoms with E-state index in [1.807, 2.05) is 0 Å². The number of hydrogen-bond acceptors (Lipinski definition) is 5. The molecule has 100 valence electrons. The van der Waals surface area contributed by atoms with Gasteiger partial charge in [-0.3, -0.25) is 5.32 Å². The van der Waals surface area contributed by atoms with E-state index in [0.29, 0.717) is 23.8 Å². The number of anilines is 1. The van der Waals surface area contributed by atoms with Crippen LogP contribution in [-0.2, 0) is 9.47 Å². The molecule has 0 bridgehead atoms. The Morgan fingerprint density at radius 3 is 2.56 bits per heavy atom. The van der Waals surface area contributed by atoms with Crippen LogP contribution in [-0.4, -0.2) is 40.6 Å². The van der Waals surface area contributed by atoms with Gasteiger partial charge in [-0.15, -0.1) is 0 Å². The fraction of sp³-hybridized carbons (Fsp3) is 0.417. The van der Waals surface area contributed by atoms with Crippen molar-refractivity contribution in [1.29, 1.82) is 0 Å². The summed E-state index contributed by atoms with van der Waals surface area (Å²) in [7, 11) is 4.60. The van der Waals surface area contributed by atoms with Gasteiger partial charge in [-0.2, -0.15) is 0 Å². The highest BCUT2D eigenvalue weighted by Gasteiger charge is 2.09. The molecule has 0 aliphatic rings. The normalized spacial score (nSPS) is 9.72. The number of hydrogen-bond donors (Lipinski definition) is 1. The van der Waals surface area contributed by atoms with Gasteiger partial charge in [-0.05, 0) is 12.1 Å². The van der Waals surface area contributed by atoms with E-state index >= 15 is 0 Å². The lowest BCUT2D eigenvalue weighted by Gasteiger charge is -2.11. The molecule has 1 aromatic carbocycles. The molecule has 6 heteroatoms. The summed E-state index contributed by atoms with van der Waals surface area (Å²) in [5.74, 6) is 1.14. The van der Waals surface area contributed by atoms with Gasteiger partial charge in [0.05, 0.1) is 26.5 Å². The lowest BCUT2D eigenvalue weighted by molar-refractivity contribution is 0.107. The Kier molecular flexibility index (Phi) is 5.79. The number of methoxy groups -OCH3 is 3. The van der Waals surface area contributed by atoms with Gasteiger partial charge < -0.3 is 18.9 Å². The van der Waals surface area contributed by atoms with Crippen LogP contribution in [0.5, 0.6) is 11.5 Å². The fourth-order valence-electron chi connectivity index (χ4n) is 1.27. The minimum Gasteiger partial charge on any atom is -0.497 e. The van der Waals surface area contributed by atoms with Crippen molar-refractivity contribution in [3.05, 3.63) is 18.2 Å². The van der Waals surface area contributed by atoms with E-state index < -0.39 is 6.09 Å². The summed E-state index contributed by atoms with van der Waals surface area (Å²) in [6.45, 7) is 0.550. The highest BCUT2D eigenvalue weighted by Crippen LogP contribution is 2.28. The average Bonchev–Trinajstić information content (AvgIpc) is 2.39. The van der Waals surface area contributed by atoms with E-state index in [4.69, 9.17) is 18.9 Å². The number of nitrogens with one attached hydrogen (secondary N) is 1. The van der Waals surface area contributed by atoms with Crippen molar-refractivity contribution >= 4 is 11.8 Å². The van der Waals surface area contributed by atoms with Crippen molar-refractivity contribution < 1.29 is 23.7 Å². The van der Waals surface area contributed by atoms with Crippen LogP contribution in [0.3, 0.4) is 0 Å². The molecule has 1 aromatic rings. The molecule has 0 fully saturated rings. The van der Waals surface area contributed by atoms with Crippen LogP contribution in [0.1, 0.15) is 0 Å². The van der Waals surface area contributed by atoms with E-state index in [1.165, 1.54) is 14.2 Å². The summed E-state index contributed by atoms with van der Waals surface area (Å²) in [4.78, 5) is 11.4. The van der Waals surface area contributed by atoms with E-state index in [1.54, 1.807) is 25.3 Å². The first-order valence-corrected chi connectivity index (χ1v) is 5.36. The Hall–Kier alpha value is -1.95. The van der Waals surface area contributed by atoms with Gasteiger partial charge in [-0.1, -0.05) is 0 Å². The zero-order chi connectivity index (χ0) is 13.4. The molecule has 0 saturated heterocycles. The number of ether oxygens (including phenoxy) is 4. The van der Waals surface area contributed by atoms with Gasteiger partial charge in [0.15, 0.2) is 0 Å². The summed E-state index contributed by atoms with van der Waals surface area (Å²) < 4.78 is 19.8. The third kappa shape index (κ3) is 4.14. The Labute approximate surface area is 106 Å². The van der Waals surface area contributed by atoms with E-state index in [9.17, 15) is 4.79 Å². The smallest absolute Gasteiger partial charge is 0.411 e. The maximum atomic E-state index is 11.4. The third-order valence-corrected chi connectivity index (χ3v) is 2.17. The first-order valence-electron chi connectivity index (χ1n) is 5.36. The van der Waals surface area contributed by atoms with E-state index in [-0.39, 0.29) is 6.61 Å². The first kappa shape index (κ1) is 14.1. The van der Waals surface area contributed by atoms with Gasteiger partial charge in [0.25, 0.3) is 0 Å². The van der Waals surface area contributed by atoms with Crippen molar-refractivity contribution in [2.45, 2.75) is 0 Å². The largest absolute Gasteiger partial charge is 0.497 e. The lowest BCUT2D eigenvalue weighted by atomic mass is 10.3. The molecule has 1 rings (SSSR count). The second-order valence-corrected chi connectivity index (χ2v) is 3.32. The fourth-order valence-corrected chi connectivity index (χ4v) is 1.27. The Balaban J connectivity index is 2.63. The van der Waals surface area contributed by atoms with Gasteiger partial charge >= 0.3 is 6.09 Å². The molecule has 0 unspecified atom stereocenters. The highest BCUT2D eigenvalue weighted by molar-refractivity contribution is 5.86. The molecule has 0 aromatic heterocycles. The molecule has 0 radical (unpaired) electrons. The van der Waals surface area contributed by atoms with Gasteiger partial charge in [-0.25, -0.2) is 4.79 Å². The SMILES string of the molecule is COCCOC(=O)Nc1ccc(OC)cc1OC. The molecular formula is C12H17NO5. The van der Waals surface area contributed by atoms with Crippen LogP contribution in [0.15, 0.2) is 18.2 Å². The quantitative estimate of drug-likeness (QED) is 0.786. The Morgan fingerprint density at radius 2 is 1.94 bits per heavy atom. The van der Waals surface area contributed by atoms with Crippen molar-refractivity contribution in [3.63, 3.8) is 0 Å². The summed E-state index contributed by atoms with van der Waals surface area (Å²) >= 11 is 0. The topological polar surface area (TPSA) is 66.0 Å². The number of benzene rings is 1. The summed E-state index contributed by atoms with van der Waals surface area (Å²) in [5.41, 5.74) is 0.515. The molecule has 1 amide bonds. The molecule has 0 spiro atoms. The molecule has 0 aliphatic carbocycles. The molecule has 1 N–H and O–H groups in total. The number of carbonyl (C=O) groups is 1. The monoisotopic (exact) mass is 255 g/mol. The van der Waals surface area contributed by atoms with E-state index in [2.05, 4.69) is 5.32 Å². The highest BCUT2D eigenvalue weighted by atomic mass is 16.6. The van der Waals surface area contributed by atoms with Crippen LogP contribution in [0.25, 0.3) is 0 Å². The molecule has 6 nitrogen and oxygen atoms in total. The van der Waals surface area contributed by atoms with Gasteiger partial charge in [0.2, 0.25) is 0 Å². The van der Waals surface area contributed by atoms with Crippen LogP contribution in [0, 0.1) is 0 Å². The second-order valence-electron chi connectivity index (χ2n) is 3.32. The van der Waals surface area contributed by atoms with Crippen molar-refractivity contribution in [2.24, 2.45) is 0 Å². The van der Waals surface area contributed by atoms with Crippen molar-refractivity contribution in [1.82, 2.24) is 0 Å². The third-order valence-electron chi connectivity index (χ3n) is 2.17. The molecule has 0 heterocycles. The van der Waals surface area contributed by atoms with E-state index in [0.717, 1.165) is 0 Å². The van der Waals surface area contributed by atoms with Crippen LogP contribution >= 0.6 is 0 Å². The van der Waals surface area contributed by atoms with Crippen LogP contribution < -0.4 is 14.8 Å². The number of amides is 1. The zero-order valence-electron chi connectivity index (χ0n) is 10.7. The number of rotatable bonds is 6. The minimum atomic E-state index is -0.560. The zero-order valence-corrected chi connectivity index (χ0v) is 10.7. The van der Waals surface area contributed by atoms with Crippen molar-refractivity contribution in [2.75, 3.05) is 39.9 Å². The summed E-state index contributed by atoms with van der Waals surface area (Å²) in [6.07, 6.45) is -0.560. The summed E-state index contributed by atoms with van der Waals surface area (Å²) in [5, 5.41) is 2.57. The molecule has 0 saturated carbocycles. The maximum absolute atomic E-state index is 11.4. The standard InChI is InChI=1S/C12H17NO5/c1-15-6-7-18-12(14)13-10-5-4-9(16-2)8-11(10)17-3/h4-5,8H,6-7H2,1-3H3,(H,13,14). The molecule has 18 heavy (non-hydrogen) atoms. The minimum absolute atomic E-state index is 0.195. The second kappa shape index (κ2) is 7.39. The predicted molar refractivity (Wildman–Crippen MR) is 66.4 cm³/mol. The van der Waals surface area contributed by atoms with Crippen molar-refractivity contribution in [3.8, 4) is 11.5 Å². The predicted octanol–water partition coefficient (Wildman–Crippen LogP) is 1.90. The van der Waals surface area contributed by atoms with Gasteiger partial charge in [0, 0.05) is 13.2 Å². The van der Waals surface area contributed by atoms with Gasteiger partial charge in [0.1, 0.15) is 18.1 Å². The molecule has 0 atom stereocenters. The van der Waals surface area contributed by atoms with Crippen LogP contribution in [0.4, 0.5) is 10.5 Å². The summed E-state index contributed by atoms with van der Waals surface area (Å²) in [6, 6.07) is 5.06. The molecular weight excluding hydrogens is 238 g/mol. The van der Waals surface area contributed by atoms with Crippen LogP contribution in [0.2, 0.25) is 0 Å². The number of carbonyl (C=O) groups excluding carboxylic acids is 1. The lowest BCUT2D eigenvalue weighted by Crippen LogP contribution is -2.16. The average molecular weight is 255 g/mol. The first-order chi connectivity index (χ1) is 8.71.